The summed E-state index contributed by atoms with van der Waals surface area (Å²) < 4.78 is 6.01. The Bertz CT molecular complexity index is 619. The van der Waals surface area contributed by atoms with Crippen LogP contribution in [-0.4, -0.2) is 23.0 Å². The van der Waals surface area contributed by atoms with Gasteiger partial charge < -0.3 is 9.84 Å². The molecule has 3 nitrogen and oxygen atoms in total. The van der Waals surface area contributed by atoms with E-state index < -0.39 is 0 Å². The molecule has 0 fully saturated rings. The minimum atomic E-state index is -0.151. The van der Waals surface area contributed by atoms with Gasteiger partial charge in [-0.05, 0) is 89.5 Å². The first-order valence-corrected chi connectivity index (χ1v) is 10.7. The van der Waals surface area contributed by atoms with Crippen molar-refractivity contribution in [2.75, 3.05) is 0 Å². The quantitative estimate of drug-likeness (QED) is 0.426. The number of hydrogen-bond acceptors (Lipinski definition) is 3. The van der Waals surface area contributed by atoms with Crippen LogP contribution in [0.5, 0.6) is 5.75 Å². The number of unbranched alkanes of at least 4 members (excludes halogenated alkanes) is 2. The predicted molar refractivity (Wildman–Crippen MR) is 115 cm³/mol. The molecule has 0 saturated heterocycles. The molecule has 0 radical (unpaired) electrons. The minimum Gasteiger partial charge on any atom is -0.507 e. The zero-order chi connectivity index (χ0) is 20.0. The number of phenolic OH excluding ortho intramolecular Hbond substituents is 1. The number of rotatable bonds is 8. The third-order valence-electron chi connectivity index (χ3n) is 5.14. The van der Waals surface area contributed by atoms with Crippen molar-refractivity contribution in [2.45, 2.75) is 104 Å². The van der Waals surface area contributed by atoms with E-state index in [-0.39, 0.29) is 11.8 Å². The van der Waals surface area contributed by atoms with Crippen molar-refractivity contribution in [1.29, 1.82) is 0 Å². The number of aromatic hydroxyl groups is 1. The highest BCUT2D eigenvalue weighted by molar-refractivity contribution is 5.74. The summed E-state index contributed by atoms with van der Waals surface area (Å²) >= 11 is 0. The molecule has 27 heavy (non-hydrogen) atoms. The second-order valence-electron chi connectivity index (χ2n) is 9.01. The summed E-state index contributed by atoms with van der Waals surface area (Å²) in [5.41, 5.74) is 4.58. The van der Waals surface area contributed by atoms with Crippen LogP contribution < -0.4 is 5.32 Å². The van der Waals surface area contributed by atoms with Crippen molar-refractivity contribution in [3.8, 4) is 5.75 Å². The molecule has 152 valence electrons. The Hall–Kier alpha value is -1.32. The Kier molecular flexibility index (Phi) is 7.93. The number of hydrogen-bond donors (Lipinski definition) is 2. The van der Waals surface area contributed by atoms with Gasteiger partial charge in [0, 0.05) is 11.6 Å². The normalized spacial score (nSPS) is 19.0. The van der Waals surface area contributed by atoms with E-state index in [9.17, 15) is 5.11 Å². The van der Waals surface area contributed by atoms with Gasteiger partial charge in [0.2, 0.25) is 0 Å². The van der Waals surface area contributed by atoms with Gasteiger partial charge in [-0.1, -0.05) is 31.9 Å². The van der Waals surface area contributed by atoms with E-state index in [0.717, 1.165) is 31.2 Å². The summed E-state index contributed by atoms with van der Waals surface area (Å²) in [7, 11) is 0. The first-order valence-electron chi connectivity index (χ1n) is 10.7. The van der Waals surface area contributed by atoms with E-state index in [1.807, 2.05) is 6.07 Å². The maximum absolute atomic E-state index is 10.7. The highest BCUT2D eigenvalue weighted by atomic mass is 16.5. The van der Waals surface area contributed by atoms with Gasteiger partial charge >= 0.3 is 0 Å². The van der Waals surface area contributed by atoms with Crippen LogP contribution >= 0.6 is 0 Å². The zero-order valence-corrected chi connectivity index (χ0v) is 18.2. The molecule has 0 heterocycles. The van der Waals surface area contributed by atoms with Crippen molar-refractivity contribution >= 4 is 5.57 Å². The zero-order valence-electron chi connectivity index (χ0n) is 18.2. The second-order valence-corrected chi connectivity index (χ2v) is 9.01. The molecule has 0 aromatic heterocycles. The van der Waals surface area contributed by atoms with E-state index in [2.05, 4.69) is 59.0 Å². The average molecular weight is 374 g/mol. The van der Waals surface area contributed by atoms with Crippen molar-refractivity contribution in [1.82, 2.24) is 5.32 Å². The summed E-state index contributed by atoms with van der Waals surface area (Å²) in [5.74, 6) is 0.437. The van der Waals surface area contributed by atoms with Crippen molar-refractivity contribution in [3.05, 3.63) is 34.9 Å². The van der Waals surface area contributed by atoms with Crippen LogP contribution in [0.4, 0.5) is 0 Å². The fraction of sp³-hybridized carbons (Fsp3) is 0.667. The summed E-state index contributed by atoms with van der Waals surface area (Å²) in [6.45, 7) is 12.7. The standard InChI is InChI=1S/C24H39NO2/c1-7-8-9-11-19-14-17(2)23(22(26)15-19)20-12-10-13-21(16-20)25-18(3)27-24(4,5)6/h12,14-15,18,21,25-26H,7-11,13,16H2,1-6H3. The monoisotopic (exact) mass is 373 g/mol. The van der Waals surface area contributed by atoms with Crippen molar-refractivity contribution in [3.63, 3.8) is 0 Å². The lowest BCUT2D eigenvalue weighted by Crippen LogP contribution is -2.42. The van der Waals surface area contributed by atoms with Crippen LogP contribution in [-0.2, 0) is 11.2 Å². The molecule has 2 N–H and O–H groups in total. The van der Waals surface area contributed by atoms with Gasteiger partial charge in [0.25, 0.3) is 0 Å². The first kappa shape index (κ1) is 22.0. The van der Waals surface area contributed by atoms with Crippen LogP contribution in [0.25, 0.3) is 5.57 Å². The molecule has 0 amide bonds. The van der Waals surface area contributed by atoms with E-state index >= 15 is 0 Å². The predicted octanol–water partition coefficient (Wildman–Crippen LogP) is 6.12. The summed E-state index contributed by atoms with van der Waals surface area (Å²) in [5, 5.41) is 14.3. The molecular weight excluding hydrogens is 334 g/mol. The van der Waals surface area contributed by atoms with Gasteiger partial charge in [-0.2, -0.15) is 0 Å². The number of ether oxygens (including phenoxy) is 1. The molecular formula is C24H39NO2. The second kappa shape index (κ2) is 9.75. The van der Waals surface area contributed by atoms with E-state index in [1.165, 1.54) is 36.0 Å². The van der Waals surface area contributed by atoms with Crippen LogP contribution in [0.15, 0.2) is 18.2 Å². The minimum absolute atomic E-state index is 0.0185. The Labute approximate surface area is 166 Å². The fourth-order valence-electron chi connectivity index (χ4n) is 4.14. The molecule has 2 unspecified atom stereocenters. The lowest BCUT2D eigenvalue weighted by molar-refractivity contribution is -0.0702. The third-order valence-corrected chi connectivity index (χ3v) is 5.14. The number of nitrogens with one attached hydrogen (secondary N) is 1. The van der Waals surface area contributed by atoms with Gasteiger partial charge in [0.1, 0.15) is 12.0 Å². The number of allylic oxidation sites excluding steroid dienone is 1. The SMILES string of the molecule is CCCCCc1cc(C)c(C2=CCCC(NC(C)OC(C)(C)C)C2)c(O)c1. The summed E-state index contributed by atoms with van der Waals surface area (Å²) in [6.07, 6.45) is 10.1. The largest absolute Gasteiger partial charge is 0.507 e. The molecule has 0 spiro atoms. The maximum Gasteiger partial charge on any atom is 0.123 e. The molecule has 0 aliphatic heterocycles. The molecule has 1 aromatic carbocycles. The lowest BCUT2D eigenvalue weighted by atomic mass is 9.86. The number of benzene rings is 1. The fourth-order valence-corrected chi connectivity index (χ4v) is 4.14. The molecule has 0 bridgehead atoms. The van der Waals surface area contributed by atoms with Crippen LogP contribution in [0.3, 0.4) is 0 Å². The molecule has 2 rings (SSSR count). The maximum atomic E-state index is 10.7. The van der Waals surface area contributed by atoms with E-state index in [0.29, 0.717) is 11.8 Å². The van der Waals surface area contributed by atoms with Crippen molar-refractivity contribution in [2.24, 2.45) is 0 Å². The lowest BCUT2D eigenvalue weighted by Gasteiger charge is -2.31. The average Bonchev–Trinajstić information content (AvgIpc) is 2.53. The van der Waals surface area contributed by atoms with Crippen LogP contribution in [0.1, 0.15) is 89.8 Å². The first-order chi connectivity index (χ1) is 12.7. The molecule has 3 heteroatoms. The highest BCUT2D eigenvalue weighted by Crippen LogP contribution is 2.36. The Morgan fingerprint density at radius 3 is 2.63 bits per heavy atom. The Balaban J connectivity index is 2.06. The molecule has 1 aliphatic carbocycles. The summed E-state index contributed by atoms with van der Waals surface area (Å²) in [6, 6.07) is 4.61. The topological polar surface area (TPSA) is 41.5 Å². The molecule has 0 saturated carbocycles. The Morgan fingerprint density at radius 2 is 2.00 bits per heavy atom. The molecule has 2 atom stereocenters. The van der Waals surface area contributed by atoms with Gasteiger partial charge in [-0.3, -0.25) is 5.32 Å². The Morgan fingerprint density at radius 1 is 1.26 bits per heavy atom. The van der Waals surface area contributed by atoms with E-state index in [1.54, 1.807) is 0 Å². The highest BCUT2D eigenvalue weighted by Gasteiger charge is 2.23. The van der Waals surface area contributed by atoms with Gasteiger partial charge in [-0.15, -0.1) is 0 Å². The van der Waals surface area contributed by atoms with Gasteiger partial charge in [0.05, 0.1) is 5.60 Å². The molecule has 1 aliphatic rings. The number of phenols is 1. The van der Waals surface area contributed by atoms with Crippen LogP contribution in [0, 0.1) is 6.92 Å². The van der Waals surface area contributed by atoms with Crippen molar-refractivity contribution < 1.29 is 9.84 Å². The number of aryl methyl sites for hydroxylation is 2. The smallest absolute Gasteiger partial charge is 0.123 e. The van der Waals surface area contributed by atoms with Crippen LogP contribution in [0.2, 0.25) is 0 Å². The summed E-state index contributed by atoms with van der Waals surface area (Å²) in [4.78, 5) is 0. The van der Waals surface area contributed by atoms with E-state index in [4.69, 9.17) is 4.74 Å². The van der Waals surface area contributed by atoms with Gasteiger partial charge in [0.15, 0.2) is 0 Å². The third kappa shape index (κ3) is 6.97. The molecule has 1 aromatic rings. The van der Waals surface area contributed by atoms with Gasteiger partial charge in [-0.25, -0.2) is 0 Å².